The van der Waals surface area contributed by atoms with E-state index in [1.165, 1.54) is 11.8 Å². The monoisotopic (exact) mass is 406 g/mol. The molecule has 1 aromatic heterocycles. The van der Waals surface area contributed by atoms with Gasteiger partial charge in [0.1, 0.15) is 5.69 Å². The number of aromatic nitrogens is 1. The third kappa shape index (κ3) is 4.23. The van der Waals surface area contributed by atoms with E-state index in [9.17, 15) is 4.79 Å². The Morgan fingerprint density at radius 2 is 1.62 bits per heavy atom. The van der Waals surface area contributed by atoms with Crippen LogP contribution in [0.15, 0.2) is 58.2 Å². The van der Waals surface area contributed by atoms with Crippen LogP contribution in [0.5, 0.6) is 0 Å². The topological polar surface area (TPSA) is 69.1 Å². The van der Waals surface area contributed by atoms with Crippen molar-refractivity contribution in [1.29, 1.82) is 0 Å². The summed E-state index contributed by atoms with van der Waals surface area (Å²) in [7, 11) is 0. The summed E-state index contributed by atoms with van der Waals surface area (Å²) in [5.74, 6) is 0.211. The minimum absolute atomic E-state index is 0.392. The molecule has 2 N–H and O–H groups in total. The maximum atomic E-state index is 11.5. The summed E-state index contributed by atoms with van der Waals surface area (Å²) < 4.78 is 5.98. The van der Waals surface area contributed by atoms with Crippen molar-refractivity contribution >= 4 is 40.9 Å². The van der Waals surface area contributed by atoms with Crippen LogP contribution in [0, 0.1) is 0 Å². The second-order valence-corrected chi connectivity index (χ2v) is 7.62. The van der Waals surface area contributed by atoms with Crippen LogP contribution in [0.1, 0.15) is 13.3 Å². The number of amides is 1. The van der Waals surface area contributed by atoms with Crippen LogP contribution in [0.4, 0.5) is 0 Å². The third-order valence-corrected chi connectivity index (χ3v) is 5.49. The molecule has 0 aliphatic rings. The highest BCUT2D eigenvalue weighted by Crippen LogP contribution is 2.37. The van der Waals surface area contributed by atoms with Crippen LogP contribution in [0.3, 0.4) is 0 Å². The second-order valence-electron chi connectivity index (χ2n) is 5.59. The molecule has 0 saturated carbocycles. The molecule has 26 heavy (non-hydrogen) atoms. The number of hydrogen-bond acceptors (Lipinski definition) is 4. The fraction of sp³-hybridized carbons (Fsp3) is 0.158. The molecule has 1 amide bonds. The van der Waals surface area contributed by atoms with Gasteiger partial charge in [-0.3, -0.25) is 4.79 Å². The zero-order chi connectivity index (χ0) is 18.7. The Morgan fingerprint density at radius 1 is 1.08 bits per heavy atom. The van der Waals surface area contributed by atoms with Crippen molar-refractivity contribution in [2.75, 3.05) is 0 Å². The summed E-state index contributed by atoms with van der Waals surface area (Å²) in [5, 5.41) is 1.27. The van der Waals surface area contributed by atoms with E-state index in [0.717, 1.165) is 11.1 Å². The Kier molecular flexibility index (Phi) is 5.91. The standard InChI is InChI=1S/C19H16Cl2N2O2S/c1-2-15(18(22)24)26-19-23-16(11-3-7-13(20)8-4-11)17(25-19)12-5-9-14(21)10-6-12/h3-10,15H,2H2,1H3,(H2,22,24). The highest BCUT2D eigenvalue weighted by atomic mass is 35.5. The quantitative estimate of drug-likeness (QED) is 0.535. The molecule has 1 unspecified atom stereocenters. The fourth-order valence-corrected chi connectivity index (χ4v) is 3.47. The largest absolute Gasteiger partial charge is 0.431 e. The van der Waals surface area contributed by atoms with Gasteiger partial charge in [-0.25, -0.2) is 4.98 Å². The van der Waals surface area contributed by atoms with Crippen molar-refractivity contribution in [2.24, 2.45) is 5.73 Å². The van der Waals surface area contributed by atoms with Gasteiger partial charge in [0.25, 0.3) is 5.22 Å². The maximum absolute atomic E-state index is 11.5. The minimum atomic E-state index is -0.398. The van der Waals surface area contributed by atoms with Gasteiger partial charge in [0, 0.05) is 21.2 Å². The van der Waals surface area contributed by atoms with Crippen LogP contribution < -0.4 is 5.73 Å². The predicted molar refractivity (Wildman–Crippen MR) is 107 cm³/mol. The van der Waals surface area contributed by atoms with Gasteiger partial charge in [-0.2, -0.15) is 0 Å². The number of benzene rings is 2. The van der Waals surface area contributed by atoms with Crippen LogP contribution in [0.2, 0.25) is 10.0 Å². The van der Waals surface area contributed by atoms with E-state index in [-0.39, 0.29) is 0 Å². The third-order valence-electron chi connectivity index (χ3n) is 3.76. The molecule has 134 valence electrons. The zero-order valence-electron chi connectivity index (χ0n) is 13.9. The van der Waals surface area contributed by atoms with Crippen LogP contribution >= 0.6 is 35.0 Å². The average Bonchev–Trinajstić information content (AvgIpc) is 3.04. The molecule has 0 bridgehead atoms. The number of thioether (sulfide) groups is 1. The van der Waals surface area contributed by atoms with Crippen LogP contribution in [0.25, 0.3) is 22.6 Å². The fourth-order valence-electron chi connectivity index (χ4n) is 2.42. The number of primary amides is 1. The maximum Gasteiger partial charge on any atom is 0.257 e. The Balaban J connectivity index is 2.06. The summed E-state index contributed by atoms with van der Waals surface area (Å²) in [5.41, 5.74) is 7.81. The molecule has 3 aromatic rings. The van der Waals surface area contributed by atoms with Gasteiger partial charge in [-0.05, 0) is 42.8 Å². The lowest BCUT2D eigenvalue weighted by molar-refractivity contribution is -0.117. The molecule has 1 atom stereocenters. The molecule has 0 aliphatic heterocycles. The number of nitrogens with zero attached hydrogens (tertiary/aromatic N) is 1. The van der Waals surface area contributed by atoms with Crippen molar-refractivity contribution in [3.05, 3.63) is 58.6 Å². The molecule has 2 aromatic carbocycles. The SMILES string of the molecule is CCC(Sc1nc(-c2ccc(Cl)cc2)c(-c2ccc(Cl)cc2)o1)C(N)=O. The number of oxazole rings is 1. The van der Waals surface area contributed by atoms with Gasteiger partial charge in [0.05, 0.1) is 5.25 Å². The first-order chi connectivity index (χ1) is 12.5. The number of rotatable bonds is 6. The van der Waals surface area contributed by atoms with Gasteiger partial charge in [0.2, 0.25) is 5.91 Å². The van der Waals surface area contributed by atoms with Gasteiger partial charge in [-0.15, -0.1) is 0 Å². The summed E-state index contributed by atoms with van der Waals surface area (Å²) in [6.07, 6.45) is 0.592. The first-order valence-corrected chi connectivity index (χ1v) is 9.60. The number of halogens is 2. The van der Waals surface area contributed by atoms with Crippen molar-refractivity contribution < 1.29 is 9.21 Å². The Morgan fingerprint density at radius 3 is 2.12 bits per heavy atom. The highest BCUT2D eigenvalue weighted by Gasteiger charge is 2.22. The molecule has 0 spiro atoms. The summed E-state index contributed by atoms with van der Waals surface area (Å²) in [4.78, 5) is 16.1. The second kappa shape index (κ2) is 8.16. The average molecular weight is 407 g/mol. The number of hydrogen-bond donors (Lipinski definition) is 1. The molecule has 3 rings (SSSR count). The molecular weight excluding hydrogens is 391 g/mol. The lowest BCUT2D eigenvalue weighted by Gasteiger charge is -2.06. The van der Waals surface area contributed by atoms with Crippen LogP contribution in [-0.2, 0) is 4.79 Å². The number of carbonyl (C=O) groups is 1. The number of carbonyl (C=O) groups excluding carboxylic acids is 1. The van der Waals surface area contributed by atoms with E-state index in [1.54, 1.807) is 24.3 Å². The van der Waals surface area contributed by atoms with E-state index in [0.29, 0.717) is 33.1 Å². The van der Waals surface area contributed by atoms with E-state index in [1.807, 2.05) is 31.2 Å². The smallest absolute Gasteiger partial charge is 0.257 e. The molecular formula is C19H16Cl2N2O2S. The van der Waals surface area contributed by atoms with E-state index >= 15 is 0 Å². The van der Waals surface area contributed by atoms with Crippen molar-refractivity contribution in [2.45, 2.75) is 23.8 Å². The first kappa shape index (κ1) is 18.8. The molecule has 0 fully saturated rings. The van der Waals surface area contributed by atoms with E-state index in [4.69, 9.17) is 33.4 Å². The van der Waals surface area contributed by atoms with Crippen molar-refractivity contribution in [1.82, 2.24) is 4.98 Å². The molecule has 4 nitrogen and oxygen atoms in total. The normalized spacial score (nSPS) is 12.1. The summed E-state index contributed by atoms with van der Waals surface area (Å²) in [6, 6.07) is 14.6. The highest BCUT2D eigenvalue weighted by molar-refractivity contribution is 8.00. The lowest BCUT2D eigenvalue weighted by atomic mass is 10.1. The van der Waals surface area contributed by atoms with Gasteiger partial charge in [-0.1, -0.05) is 54.0 Å². The van der Waals surface area contributed by atoms with Crippen LogP contribution in [-0.4, -0.2) is 16.1 Å². The Labute approximate surface area is 165 Å². The van der Waals surface area contributed by atoms with Gasteiger partial charge in [0.15, 0.2) is 5.76 Å². The summed E-state index contributed by atoms with van der Waals surface area (Å²) >= 11 is 13.2. The lowest BCUT2D eigenvalue weighted by Crippen LogP contribution is -2.24. The Hall–Kier alpha value is -1.95. The van der Waals surface area contributed by atoms with Crippen molar-refractivity contribution in [3.8, 4) is 22.6 Å². The summed E-state index contributed by atoms with van der Waals surface area (Å²) in [6.45, 7) is 1.89. The number of nitrogens with two attached hydrogens (primary N) is 1. The van der Waals surface area contributed by atoms with Gasteiger partial charge >= 0.3 is 0 Å². The van der Waals surface area contributed by atoms with E-state index < -0.39 is 11.2 Å². The first-order valence-electron chi connectivity index (χ1n) is 7.96. The van der Waals surface area contributed by atoms with E-state index in [2.05, 4.69) is 4.98 Å². The van der Waals surface area contributed by atoms with Crippen molar-refractivity contribution in [3.63, 3.8) is 0 Å². The minimum Gasteiger partial charge on any atom is -0.431 e. The molecule has 0 saturated heterocycles. The van der Waals surface area contributed by atoms with Gasteiger partial charge < -0.3 is 10.2 Å². The predicted octanol–water partition coefficient (Wildman–Crippen LogP) is 5.67. The Bertz CT molecular complexity index is 845. The molecule has 1 heterocycles. The molecule has 0 radical (unpaired) electrons. The molecule has 0 aliphatic carbocycles. The zero-order valence-corrected chi connectivity index (χ0v) is 16.2. The molecule has 7 heteroatoms.